The third kappa shape index (κ3) is 4.97. The van der Waals surface area contributed by atoms with Crippen LogP contribution in [0.15, 0.2) is 84.9 Å². The molecule has 0 heterocycles. The maximum Gasteiger partial charge on any atom is 0.118 e. The van der Waals surface area contributed by atoms with Gasteiger partial charge in [0.05, 0.1) is 13.2 Å². The van der Waals surface area contributed by atoms with Crippen LogP contribution in [-0.4, -0.2) is 12.2 Å². The van der Waals surface area contributed by atoms with Gasteiger partial charge in [-0.25, -0.2) is 0 Å². The van der Waals surface area contributed by atoms with Gasteiger partial charge in [0, 0.05) is 18.5 Å². The van der Waals surface area contributed by atoms with Crippen molar-refractivity contribution in [3.8, 4) is 5.75 Å². The highest BCUT2D eigenvalue weighted by atomic mass is 16.5. The van der Waals surface area contributed by atoms with Crippen molar-refractivity contribution >= 4 is 0 Å². The molecule has 0 aliphatic carbocycles. The van der Waals surface area contributed by atoms with E-state index in [0.29, 0.717) is 0 Å². The molecule has 0 saturated heterocycles. The molecule has 0 aliphatic rings. The normalized spacial score (nSPS) is 14.3. The Bertz CT molecular complexity index is 803. The van der Waals surface area contributed by atoms with E-state index < -0.39 is 6.10 Å². The first kappa shape index (κ1) is 19.2. The van der Waals surface area contributed by atoms with E-state index in [-0.39, 0.29) is 12.0 Å². The van der Waals surface area contributed by atoms with Crippen LogP contribution in [0.5, 0.6) is 5.75 Å². The summed E-state index contributed by atoms with van der Waals surface area (Å²) in [6.45, 7) is 2.81. The lowest BCUT2D eigenvalue weighted by molar-refractivity contribution is 0.0931. The van der Waals surface area contributed by atoms with E-state index in [4.69, 9.17) is 4.74 Å². The van der Waals surface area contributed by atoms with E-state index in [1.807, 2.05) is 60.7 Å². The minimum Gasteiger partial charge on any atom is -0.497 e. The van der Waals surface area contributed by atoms with Gasteiger partial charge in [-0.05, 0) is 28.8 Å². The van der Waals surface area contributed by atoms with E-state index >= 15 is 0 Å². The summed E-state index contributed by atoms with van der Waals surface area (Å²) in [6.07, 6.45) is -0.542. The lowest BCUT2D eigenvalue weighted by atomic mass is 9.86. The average Bonchev–Trinajstić information content (AvgIpc) is 2.75. The molecule has 3 nitrogen and oxygen atoms in total. The number of ether oxygens (including phenoxy) is 1. The fourth-order valence-corrected chi connectivity index (χ4v) is 3.37. The molecule has 3 aromatic carbocycles. The van der Waals surface area contributed by atoms with Crippen molar-refractivity contribution in [3.05, 3.63) is 102 Å². The van der Waals surface area contributed by atoms with Gasteiger partial charge < -0.3 is 15.2 Å². The summed E-state index contributed by atoms with van der Waals surface area (Å²) in [5, 5.41) is 14.6. The zero-order chi connectivity index (χ0) is 19.1. The molecule has 0 radical (unpaired) electrons. The number of hydrogen-bond donors (Lipinski definition) is 2. The van der Waals surface area contributed by atoms with Gasteiger partial charge in [-0.15, -0.1) is 0 Å². The van der Waals surface area contributed by atoms with Crippen LogP contribution in [-0.2, 0) is 6.54 Å². The SMILES string of the molecule is COc1ccc(CN[C@H](c2ccccc2)[C@@H](C)[C@H](O)c2ccccc2)cc1. The molecule has 0 amide bonds. The summed E-state index contributed by atoms with van der Waals surface area (Å²) >= 11 is 0. The van der Waals surface area contributed by atoms with E-state index in [1.165, 1.54) is 11.1 Å². The van der Waals surface area contributed by atoms with Gasteiger partial charge in [-0.1, -0.05) is 79.7 Å². The number of hydrogen-bond acceptors (Lipinski definition) is 3. The minimum absolute atomic E-state index is 0.00745. The molecule has 0 bridgehead atoms. The second-order valence-corrected chi connectivity index (χ2v) is 6.83. The smallest absolute Gasteiger partial charge is 0.118 e. The zero-order valence-electron chi connectivity index (χ0n) is 15.9. The summed E-state index contributed by atoms with van der Waals surface area (Å²) < 4.78 is 5.23. The fourth-order valence-electron chi connectivity index (χ4n) is 3.37. The van der Waals surface area contributed by atoms with Crippen molar-refractivity contribution in [2.45, 2.75) is 25.6 Å². The summed E-state index contributed by atoms with van der Waals surface area (Å²) in [7, 11) is 1.67. The van der Waals surface area contributed by atoms with Crippen LogP contribution >= 0.6 is 0 Å². The molecule has 0 unspecified atom stereocenters. The summed E-state index contributed by atoms with van der Waals surface area (Å²) in [4.78, 5) is 0. The maximum atomic E-state index is 10.9. The Morgan fingerprint density at radius 1 is 0.815 bits per heavy atom. The maximum absolute atomic E-state index is 10.9. The molecule has 3 heteroatoms. The molecular formula is C24H27NO2. The second-order valence-electron chi connectivity index (χ2n) is 6.83. The predicted molar refractivity (Wildman–Crippen MR) is 110 cm³/mol. The largest absolute Gasteiger partial charge is 0.497 e. The van der Waals surface area contributed by atoms with Crippen LogP contribution < -0.4 is 10.1 Å². The van der Waals surface area contributed by atoms with Crippen molar-refractivity contribution in [2.24, 2.45) is 5.92 Å². The first-order valence-electron chi connectivity index (χ1n) is 9.33. The molecule has 0 aromatic heterocycles. The Labute approximate surface area is 161 Å². The van der Waals surface area contributed by atoms with Gasteiger partial charge in [0.25, 0.3) is 0 Å². The van der Waals surface area contributed by atoms with Gasteiger partial charge in [0.1, 0.15) is 5.75 Å². The number of nitrogens with one attached hydrogen (secondary N) is 1. The monoisotopic (exact) mass is 361 g/mol. The highest BCUT2D eigenvalue weighted by Gasteiger charge is 2.26. The average molecular weight is 361 g/mol. The molecular weight excluding hydrogens is 334 g/mol. The summed E-state index contributed by atoms with van der Waals surface area (Å²) in [6, 6.07) is 28.3. The Balaban J connectivity index is 1.78. The molecule has 27 heavy (non-hydrogen) atoms. The molecule has 0 fully saturated rings. The number of benzene rings is 3. The number of rotatable bonds is 8. The van der Waals surface area contributed by atoms with E-state index in [0.717, 1.165) is 17.9 Å². The van der Waals surface area contributed by atoms with Crippen molar-refractivity contribution in [1.82, 2.24) is 5.32 Å². The third-order valence-corrected chi connectivity index (χ3v) is 5.01. The lowest BCUT2D eigenvalue weighted by Gasteiger charge is -2.30. The molecule has 0 spiro atoms. The molecule has 3 aromatic rings. The quantitative estimate of drug-likeness (QED) is 0.600. The van der Waals surface area contributed by atoms with E-state index in [2.05, 4.69) is 36.5 Å². The molecule has 3 rings (SSSR count). The molecule has 0 aliphatic heterocycles. The molecule has 3 atom stereocenters. The Kier molecular flexibility index (Phi) is 6.64. The van der Waals surface area contributed by atoms with Crippen LogP contribution in [0.4, 0.5) is 0 Å². The third-order valence-electron chi connectivity index (χ3n) is 5.01. The van der Waals surface area contributed by atoms with Crippen molar-refractivity contribution in [1.29, 1.82) is 0 Å². The minimum atomic E-state index is -0.542. The van der Waals surface area contributed by atoms with Gasteiger partial charge >= 0.3 is 0 Å². The summed E-state index contributed by atoms with van der Waals surface area (Å²) in [5.41, 5.74) is 3.30. The molecule has 0 saturated carbocycles. The van der Waals surface area contributed by atoms with Gasteiger partial charge in [0.15, 0.2) is 0 Å². The van der Waals surface area contributed by atoms with Crippen molar-refractivity contribution in [2.75, 3.05) is 7.11 Å². The standard InChI is InChI=1S/C24H27NO2/c1-18(24(26)21-11-7-4-8-12-21)23(20-9-5-3-6-10-20)25-17-19-13-15-22(27-2)16-14-19/h3-16,18,23-26H,17H2,1-2H3/t18-,23+,24+/m1/s1. The second kappa shape index (κ2) is 9.36. The van der Waals surface area contributed by atoms with Crippen molar-refractivity contribution < 1.29 is 9.84 Å². The molecule has 2 N–H and O–H groups in total. The van der Waals surface area contributed by atoms with Crippen LogP contribution in [0, 0.1) is 5.92 Å². The van der Waals surface area contributed by atoms with Gasteiger partial charge in [0.2, 0.25) is 0 Å². The summed E-state index contributed by atoms with van der Waals surface area (Å²) in [5.74, 6) is 0.860. The van der Waals surface area contributed by atoms with Crippen molar-refractivity contribution in [3.63, 3.8) is 0 Å². The van der Waals surface area contributed by atoms with Crippen LogP contribution in [0.1, 0.15) is 35.8 Å². The van der Waals surface area contributed by atoms with Gasteiger partial charge in [-0.2, -0.15) is 0 Å². The Morgan fingerprint density at radius 2 is 1.37 bits per heavy atom. The molecule has 140 valence electrons. The van der Waals surface area contributed by atoms with Gasteiger partial charge in [-0.3, -0.25) is 0 Å². The highest BCUT2D eigenvalue weighted by molar-refractivity contribution is 5.28. The fraction of sp³-hybridized carbons (Fsp3) is 0.250. The topological polar surface area (TPSA) is 41.5 Å². The predicted octanol–water partition coefficient (Wildman–Crippen LogP) is 4.90. The van der Waals surface area contributed by atoms with Crippen LogP contribution in [0.25, 0.3) is 0 Å². The van der Waals surface area contributed by atoms with E-state index in [1.54, 1.807) is 7.11 Å². The first-order chi connectivity index (χ1) is 13.2. The van der Waals surface area contributed by atoms with Crippen LogP contribution in [0.3, 0.4) is 0 Å². The zero-order valence-corrected chi connectivity index (χ0v) is 15.9. The Morgan fingerprint density at radius 3 is 1.93 bits per heavy atom. The number of aliphatic hydroxyl groups excluding tert-OH is 1. The van der Waals surface area contributed by atoms with Crippen LogP contribution in [0.2, 0.25) is 0 Å². The van der Waals surface area contributed by atoms with E-state index in [9.17, 15) is 5.11 Å². The highest BCUT2D eigenvalue weighted by Crippen LogP contribution is 2.33. The Hall–Kier alpha value is -2.62. The lowest BCUT2D eigenvalue weighted by Crippen LogP contribution is -2.30. The number of aliphatic hydroxyl groups is 1. The number of methoxy groups -OCH3 is 1. The first-order valence-corrected chi connectivity index (χ1v) is 9.33.